The van der Waals surface area contributed by atoms with E-state index in [1.165, 1.54) is 0 Å². The van der Waals surface area contributed by atoms with Gasteiger partial charge in [-0.05, 0) is 40.8 Å². The molecule has 5 heteroatoms. The molecule has 3 aromatic carbocycles. The highest BCUT2D eigenvalue weighted by atomic mass is 35.5. The topological polar surface area (TPSA) is 78.3 Å². The van der Waals surface area contributed by atoms with E-state index in [0.29, 0.717) is 6.42 Å². The number of rotatable bonds is 6. The summed E-state index contributed by atoms with van der Waals surface area (Å²) in [6.45, 7) is 0.240. The zero-order valence-corrected chi connectivity index (χ0v) is 15.7. The molecule has 0 saturated carbocycles. The van der Waals surface area contributed by atoms with Gasteiger partial charge in [-0.1, -0.05) is 66.7 Å². The van der Waals surface area contributed by atoms with Gasteiger partial charge in [0.1, 0.15) is 12.6 Å². The summed E-state index contributed by atoms with van der Waals surface area (Å²) in [5, 5.41) is 0. The predicted molar refractivity (Wildman–Crippen MR) is 111 cm³/mol. The zero-order valence-electron chi connectivity index (χ0n) is 14.9. The summed E-state index contributed by atoms with van der Waals surface area (Å²) in [6.07, 6.45) is 0.440. The third-order valence-electron chi connectivity index (χ3n) is 4.18. The first kappa shape index (κ1) is 20.5. The van der Waals surface area contributed by atoms with Crippen LogP contribution >= 0.6 is 12.4 Å². The molecule has 0 fully saturated rings. The molecule has 0 bridgehead atoms. The molecular formula is C22H23ClN2O2. The SMILES string of the molecule is Cl.Nc1ccc(-c2ccc(C[C@H](N)C(=O)OCc3ccccc3)cc2)cc1. The molecule has 140 valence electrons. The van der Waals surface area contributed by atoms with Gasteiger partial charge >= 0.3 is 5.97 Å². The maximum atomic E-state index is 12.1. The van der Waals surface area contributed by atoms with Crippen molar-refractivity contribution in [1.29, 1.82) is 0 Å². The molecule has 0 radical (unpaired) electrons. The average molecular weight is 383 g/mol. The molecule has 0 aliphatic carbocycles. The molecule has 0 saturated heterocycles. The van der Waals surface area contributed by atoms with Crippen LogP contribution in [0.2, 0.25) is 0 Å². The Morgan fingerprint density at radius 3 is 1.96 bits per heavy atom. The molecule has 0 spiro atoms. The molecule has 0 aromatic heterocycles. The van der Waals surface area contributed by atoms with E-state index >= 15 is 0 Å². The molecule has 0 unspecified atom stereocenters. The van der Waals surface area contributed by atoms with Gasteiger partial charge in [0.25, 0.3) is 0 Å². The second-order valence-electron chi connectivity index (χ2n) is 6.22. The number of anilines is 1. The van der Waals surface area contributed by atoms with Crippen LogP contribution in [0.15, 0.2) is 78.9 Å². The molecule has 27 heavy (non-hydrogen) atoms. The Kier molecular flexibility index (Phi) is 7.41. The van der Waals surface area contributed by atoms with Crippen molar-refractivity contribution in [3.05, 3.63) is 90.0 Å². The fourth-order valence-electron chi connectivity index (χ4n) is 2.68. The maximum absolute atomic E-state index is 12.1. The van der Waals surface area contributed by atoms with Gasteiger partial charge in [-0.2, -0.15) is 0 Å². The molecule has 3 aromatic rings. The number of benzene rings is 3. The molecule has 3 rings (SSSR count). The third-order valence-corrected chi connectivity index (χ3v) is 4.18. The van der Waals surface area contributed by atoms with Crippen LogP contribution in [0, 0.1) is 0 Å². The Bertz CT molecular complexity index is 850. The van der Waals surface area contributed by atoms with Crippen molar-refractivity contribution in [3.63, 3.8) is 0 Å². The summed E-state index contributed by atoms with van der Waals surface area (Å²) < 4.78 is 5.29. The lowest BCUT2D eigenvalue weighted by atomic mass is 10.0. The highest BCUT2D eigenvalue weighted by Crippen LogP contribution is 2.21. The molecule has 0 heterocycles. The summed E-state index contributed by atoms with van der Waals surface area (Å²) in [5.41, 5.74) is 16.6. The number of ether oxygens (including phenoxy) is 1. The van der Waals surface area contributed by atoms with Gasteiger partial charge < -0.3 is 16.2 Å². The van der Waals surface area contributed by atoms with E-state index in [-0.39, 0.29) is 19.0 Å². The van der Waals surface area contributed by atoms with E-state index in [0.717, 1.165) is 27.9 Å². The first-order chi connectivity index (χ1) is 12.6. The predicted octanol–water partition coefficient (Wildman–Crippen LogP) is 3.97. The van der Waals surface area contributed by atoms with Gasteiger partial charge in [0, 0.05) is 5.69 Å². The largest absolute Gasteiger partial charge is 0.460 e. The summed E-state index contributed by atoms with van der Waals surface area (Å²) in [6, 6.07) is 24.6. The first-order valence-electron chi connectivity index (χ1n) is 8.53. The third kappa shape index (κ3) is 5.84. The van der Waals surface area contributed by atoms with E-state index in [1.54, 1.807) is 0 Å². The van der Waals surface area contributed by atoms with Crippen molar-refractivity contribution >= 4 is 24.1 Å². The van der Waals surface area contributed by atoms with Crippen LogP contribution in [0.5, 0.6) is 0 Å². The van der Waals surface area contributed by atoms with Crippen LogP contribution in [0.25, 0.3) is 11.1 Å². The lowest BCUT2D eigenvalue weighted by molar-refractivity contribution is -0.146. The minimum atomic E-state index is -0.680. The van der Waals surface area contributed by atoms with Crippen molar-refractivity contribution in [2.24, 2.45) is 5.73 Å². The van der Waals surface area contributed by atoms with Crippen LogP contribution in [0.3, 0.4) is 0 Å². The van der Waals surface area contributed by atoms with Gasteiger partial charge in [-0.15, -0.1) is 12.4 Å². The number of nitrogens with two attached hydrogens (primary N) is 2. The van der Waals surface area contributed by atoms with E-state index in [4.69, 9.17) is 16.2 Å². The van der Waals surface area contributed by atoms with Gasteiger partial charge in [-0.25, -0.2) is 0 Å². The van der Waals surface area contributed by atoms with Crippen molar-refractivity contribution < 1.29 is 9.53 Å². The van der Waals surface area contributed by atoms with Crippen LogP contribution in [-0.2, 0) is 22.6 Å². The van der Waals surface area contributed by atoms with Crippen LogP contribution in [0.1, 0.15) is 11.1 Å². The summed E-state index contributed by atoms with van der Waals surface area (Å²) in [7, 11) is 0. The fourth-order valence-corrected chi connectivity index (χ4v) is 2.68. The number of esters is 1. The number of nitrogen functional groups attached to an aromatic ring is 1. The van der Waals surface area contributed by atoms with Crippen LogP contribution < -0.4 is 11.5 Å². The maximum Gasteiger partial charge on any atom is 0.323 e. The first-order valence-corrected chi connectivity index (χ1v) is 8.53. The number of carbonyl (C=O) groups is 1. The number of hydrogen-bond acceptors (Lipinski definition) is 4. The molecular weight excluding hydrogens is 360 g/mol. The van der Waals surface area contributed by atoms with Crippen molar-refractivity contribution in [1.82, 2.24) is 0 Å². The lowest BCUT2D eigenvalue weighted by Gasteiger charge is -2.12. The lowest BCUT2D eigenvalue weighted by Crippen LogP contribution is -2.34. The minimum absolute atomic E-state index is 0. The summed E-state index contributed by atoms with van der Waals surface area (Å²) in [4.78, 5) is 12.1. The molecule has 4 N–H and O–H groups in total. The van der Waals surface area contributed by atoms with Crippen LogP contribution in [0.4, 0.5) is 5.69 Å². The van der Waals surface area contributed by atoms with E-state index in [9.17, 15) is 4.79 Å². The Morgan fingerprint density at radius 2 is 1.37 bits per heavy atom. The van der Waals surface area contributed by atoms with E-state index in [2.05, 4.69) is 0 Å². The highest BCUT2D eigenvalue weighted by Gasteiger charge is 2.16. The van der Waals surface area contributed by atoms with Crippen molar-refractivity contribution in [2.75, 3.05) is 5.73 Å². The molecule has 0 aliphatic heterocycles. The quantitative estimate of drug-likeness (QED) is 0.499. The van der Waals surface area contributed by atoms with E-state index < -0.39 is 12.0 Å². The van der Waals surface area contributed by atoms with Gasteiger partial charge in [0.05, 0.1) is 0 Å². The summed E-state index contributed by atoms with van der Waals surface area (Å²) >= 11 is 0. The van der Waals surface area contributed by atoms with Gasteiger partial charge in [0.2, 0.25) is 0 Å². The standard InChI is InChI=1S/C22H22N2O2.ClH/c23-20-12-10-19(11-13-20)18-8-6-16(7-9-18)14-21(24)22(25)26-15-17-4-2-1-3-5-17;/h1-13,21H,14-15,23-24H2;1H/t21-;/m0./s1. The Hall–Kier alpha value is -2.82. The van der Waals surface area contributed by atoms with Crippen molar-refractivity contribution in [3.8, 4) is 11.1 Å². The highest BCUT2D eigenvalue weighted by molar-refractivity contribution is 5.85. The van der Waals surface area contributed by atoms with E-state index in [1.807, 2.05) is 78.9 Å². The van der Waals surface area contributed by atoms with Crippen LogP contribution in [-0.4, -0.2) is 12.0 Å². The number of hydrogen-bond donors (Lipinski definition) is 2. The molecule has 4 nitrogen and oxygen atoms in total. The smallest absolute Gasteiger partial charge is 0.323 e. The molecule has 0 amide bonds. The number of carbonyl (C=O) groups excluding carboxylic acids is 1. The Labute approximate surface area is 165 Å². The zero-order chi connectivity index (χ0) is 18.4. The monoisotopic (exact) mass is 382 g/mol. The second-order valence-corrected chi connectivity index (χ2v) is 6.22. The summed E-state index contributed by atoms with van der Waals surface area (Å²) in [5.74, 6) is -0.392. The van der Waals surface area contributed by atoms with Gasteiger partial charge in [0.15, 0.2) is 0 Å². The molecule has 1 atom stereocenters. The van der Waals surface area contributed by atoms with Crippen molar-refractivity contribution in [2.45, 2.75) is 19.1 Å². The minimum Gasteiger partial charge on any atom is -0.460 e. The second kappa shape index (κ2) is 9.76. The number of halogens is 1. The normalized spacial score (nSPS) is 11.3. The molecule has 0 aliphatic rings. The Balaban J connectivity index is 0.00000261. The average Bonchev–Trinajstić information content (AvgIpc) is 2.68. The fraction of sp³-hybridized carbons (Fsp3) is 0.136. The van der Waals surface area contributed by atoms with Gasteiger partial charge in [-0.3, -0.25) is 4.79 Å². The Morgan fingerprint density at radius 1 is 0.815 bits per heavy atom.